The van der Waals surface area contributed by atoms with Crippen LogP contribution in [0.3, 0.4) is 0 Å². The van der Waals surface area contributed by atoms with Crippen molar-refractivity contribution < 1.29 is 24.2 Å². The first-order valence-electron chi connectivity index (χ1n) is 14.3. The molecular formula is C31H41BrN4O5. The van der Waals surface area contributed by atoms with Crippen LogP contribution in [-0.4, -0.2) is 88.6 Å². The summed E-state index contributed by atoms with van der Waals surface area (Å²) in [5.74, 6) is 0.483. The standard InChI is InChI=1S/C31H41BrN4O5/c1-22(2)36(20-23-10-12-25(32)13-11-23)28(37)24-7-6-14-35(21-24)26-8-5-9-27(19-26)41-31(3,4)29(38)33-15-17-34(18-16-33)30(39)40/h5,8-13,19,22,24H,6-7,14-18,20-21H2,1-4H3,(H,39,40). The number of hydrogen-bond acceptors (Lipinski definition) is 5. The molecule has 0 saturated carbocycles. The van der Waals surface area contributed by atoms with Gasteiger partial charge in [-0.1, -0.05) is 34.1 Å². The molecule has 0 aromatic heterocycles. The number of hydrogen-bond donors (Lipinski definition) is 1. The van der Waals surface area contributed by atoms with Crippen molar-refractivity contribution in [1.29, 1.82) is 0 Å². The molecule has 1 unspecified atom stereocenters. The van der Waals surface area contributed by atoms with Crippen molar-refractivity contribution in [1.82, 2.24) is 14.7 Å². The summed E-state index contributed by atoms with van der Waals surface area (Å²) in [6.07, 6.45) is 0.802. The Morgan fingerprint density at radius 3 is 2.32 bits per heavy atom. The Hall–Kier alpha value is -3.27. The van der Waals surface area contributed by atoms with Crippen molar-refractivity contribution in [2.45, 2.75) is 58.7 Å². The molecule has 9 nitrogen and oxygen atoms in total. The maximum Gasteiger partial charge on any atom is 0.407 e. The van der Waals surface area contributed by atoms with Crippen LogP contribution in [0.25, 0.3) is 0 Å². The number of anilines is 1. The molecule has 2 aliphatic rings. The minimum Gasteiger partial charge on any atom is -0.478 e. The molecule has 0 bridgehead atoms. The summed E-state index contributed by atoms with van der Waals surface area (Å²) in [6.45, 7) is 10.9. The molecule has 41 heavy (non-hydrogen) atoms. The highest BCUT2D eigenvalue weighted by Gasteiger charge is 2.37. The van der Waals surface area contributed by atoms with Crippen LogP contribution < -0.4 is 9.64 Å². The number of carbonyl (C=O) groups excluding carboxylic acids is 2. The Labute approximate surface area is 251 Å². The van der Waals surface area contributed by atoms with Crippen molar-refractivity contribution >= 4 is 39.5 Å². The lowest BCUT2D eigenvalue weighted by Crippen LogP contribution is -2.56. The Morgan fingerprint density at radius 1 is 1.02 bits per heavy atom. The highest BCUT2D eigenvalue weighted by molar-refractivity contribution is 9.10. The molecule has 2 aromatic rings. The van der Waals surface area contributed by atoms with Crippen LogP contribution in [0, 0.1) is 5.92 Å². The van der Waals surface area contributed by atoms with Crippen LogP contribution in [0.1, 0.15) is 46.1 Å². The van der Waals surface area contributed by atoms with Gasteiger partial charge in [0.05, 0.1) is 5.92 Å². The molecule has 3 amide bonds. The van der Waals surface area contributed by atoms with E-state index < -0.39 is 11.7 Å². The molecule has 0 aliphatic carbocycles. The fourth-order valence-electron chi connectivity index (χ4n) is 5.51. The Morgan fingerprint density at radius 2 is 1.68 bits per heavy atom. The van der Waals surface area contributed by atoms with Gasteiger partial charge in [-0.15, -0.1) is 0 Å². The number of piperazine rings is 1. The second-order valence-corrected chi connectivity index (χ2v) is 12.6. The molecule has 2 aliphatic heterocycles. The summed E-state index contributed by atoms with van der Waals surface area (Å²) in [4.78, 5) is 45.4. The maximum absolute atomic E-state index is 13.7. The number of amides is 3. The van der Waals surface area contributed by atoms with Crippen molar-refractivity contribution in [3.05, 3.63) is 58.6 Å². The van der Waals surface area contributed by atoms with Crippen LogP contribution in [-0.2, 0) is 16.1 Å². The zero-order valence-corrected chi connectivity index (χ0v) is 26.0. The fraction of sp³-hybridized carbons (Fsp3) is 0.516. The van der Waals surface area contributed by atoms with Crippen LogP contribution in [0.5, 0.6) is 5.75 Å². The second kappa shape index (κ2) is 13.1. The fourth-order valence-corrected chi connectivity index (χ4v) is 5.78. The average Bonchev–Trinajstić information content (AvgIpc) is 2.96. The van der Waals surface area contributed by atoms with E-state index in [4.69, 9.17) is 4.74 Å². The van der Waals surface area contributed by atoms with E-state index in [9.17, 15) is 19.5 Å². The molecule has 4 rings (SSSR count). The van der Waals surface area contributed by atoms with Gasteiger partial charge in [-0.05, 0) is 70.4 Å². The van der Waals surface area contributed by atoms with Crippen molar-refractivity contribution in [3.8, 4) is 5.75 Å². The first kappa shape index (κ1) is 30.7. The largest absolute Gasteiger partial charge is 0.478 e. The van der Waals surface area contributed by atoms with E-state index in [1.165, 1.54) is 4.90 Å². The minimum atomic E-state index is -1.12. The van der Waals surface area contributed by atoms with E-state index in [1.807, 2.05) is 53.4 Å². The molecule has 0 spiro atoms. The summed E-state index contributed by atoms with van der Waals surface area (Å²) in [5, 5.41) is 9.19. The zero-order chi connectivity index (χ0) is 29.7. The Balaban J connectivity index is 1.40. The van der Waals surface area contributed by atoms with E-state index >= 15 is 0 Å². The monoisotopic (exact) mass is 628 g/mol. The topological polar surface area (TPSA) is 93.6 Å². The molecule has 0 radical (unpaired) electrons. The average molecular weight is 630 g/mol. The third-order valence-electron chi connectivity index (χ3n) is 7.85. The van der Waals surface area contributed by atoms with Gasteiger partial charge in [0, 0.05) is 68.1 Å². The quantitative estimate of drug-likeness (QED) is 0.438. The number of ether oxygens (including phenoxy) is 1. The minimum absolute atomic E-state index is 0.0881. The summed E-state index contributed by atoms with van der Waals surface area (Å²) in [5.41, 5.74) is 0.950. The third kappa shape index (κ3) is 7.72. The molecule has 1 atom stereocenters. The van der Waals surface area contributed by atoms with Crippen LogP contribution in [0.15, 0.2) is 53.0 Å². The molecule has 10 heteroatoms. The lowest BCUT2D eigenvalue weighted by Gasteiger charge is -2.38. The molecule has 2 fully saturated rings. The summed E-state index contributed by atoms with van der Waals surface area (Å²) >= 11 is 3.48. The van der Waals surface area contributed by atoms with E-state index in [1.54, 1.807) is 18.7 Å². The van der Waals surface area contributed by atoms with Crippen molar-refractivity contribution in [2.75, 3.05) is 44.2 Å². The first-order valence-corrected chi connectivity index (χ1v) is 15.1. The number of piperidine rings is 1. The van der Waals surface area contributed by atoms with Crippen LogP contribution >= 0.6 is 15.9 Å². The molecular weight excluding hydrogens is 588 g/mol. The number of rotatable bonds is 8. The van der Waals surface area contributed by atoms with E-state index in [-0.39, 0.29) is 23.8 Å². The number of carbonyl (C=O) groups is 3. The third-order valence-corrected chi connectivity index (χ3v) is 8.38. The first-order chi connectivity index (χ1) is 19.4. The molecule has 2 saturated heterocycles. The van der Waals surface area contributed by atoms with Crippen LogP contribution in [0.2, 0.25) is 0 Å². The highest BCUT2D eigenvalue weighted by atomic mass is 79.9. The van der Waals surface area contributed by atoms with Crippen molar-refractivity contribution in [3.63, 3.8) is 0 Å². The summed E-state index contributed by atoms with van der Waals surface area (Å²) in [6, 6.07) is 15.9. The van der Waals surface area contributed by atoms with E-state index in [2.05, 4.69) is 34.7 Å². The number of benzene rings is 2. The van der Waals surface area contributed by atoms with Gasteiger partial charge in [-0.2, -0.15) is 0 Å². The highest BCUT2D eigenvalue weighted by Crippen LogP contribution is 2.30. The van der Waals surface area contributed by atoms with Gasteiger partial charge in [0.15, 0.2) is 5.60 Å². The SMILES string of the molecule is CC(C)N(Cc1ccc(Br)cc1)C(=O)C1CCCN(c2cccc(OC(C)(C)C(=O)N3CCN(C(=O)O)CC3)c2)C1. The number of halogens is 1. The van der Waals surface area contributed by atoms with Gasteiger partial charge in [0.1, 0.15) is 5.75 Å². The Kier molecular flexibility index (Phi) is 9.84. The van der Waals surface area contributed by atoms with Gasteiger partial charge in [0.2, 0.25) is 5.91 Å². The normalized spacial score (nSPS) is 17.9. The van der Waals surface area contributed by atoms with Gasteiger partial charge in [0.25, 0.3) is 5.91 Å². The summed E-state index contributed by atoms with van der Waals surface area (Å²) < 4.78 is 7.23. The number of carboxylic acid groups (broad SMARTS) is 1. The van der Waals surface area contributed by atoms with Gasteiger partial charge < -0.3 is 29.4 Å². The maximum atomic E-state index is 13.7. The molecule has 1 N–H and O–H groups in total. The van der Waals surface area contributed by atoms with Gasteiger partial charge in [-0.3, -0.25) is 9.59 Å². The Bertz CT molecular complexity index is 1230. The molecule has 2 heterocycles. The second-order valence-electron chi connectivity index (χ2n) is 11.6. The lowest BCUT2D eigenvalue weighted by molar-refractivity contribution is -0.147. The van der Waals surface area contributed by atoms with Crippen LogP contribution in [0.4, 0.5) is 10.5 Å². The van der Waals surface area contributed by atoms with Gasteiger partial charge >= 0.3 is 6.09 Å². The van der Waals surface area contributed by atoms with Gasteiger partial charge in [-0.25, -0.2) is 4.79 Å². The number of nitrogens with zero attached hydrogens (tertiary/aromatic N) is 4. The smallest absolute Gasteiger partial charge is 0.407 e. The van der Waals surface area contributed by atoms with E-state index in [0.29, 0.717) is 45.0 Å². The lowest BCUT2D eigenvalue weighted by atomic mass is 9.95. The predicted molar refractivity (Wildman–Crippen MR) is 162 cm³/mol. The van der Waals surface area contributed by atoms with E-state index in [0.717, 1.165) is 35.1 Å². The zero-order valence-electron chi connectivity index (χ0n) is 24.4. The predicted octanol–water partition coefficient (Wildman–Crippen LogP) is 5.08. The summed E-state index contributed by atoms with van der Waals surface area (Å²) in [7, 11) is 0. The molecule has 222 valence electrons. The molecule has 2 aromatic carbocycles. The van der Waals surface area contributed by atoms with Crippen molar-refractivity contribution in [2.24, 2.45) is 5.92 Å².